The second-order valence-corrected chi connectivity index (χ2v) is 6.08. The molecule has 0 aromatic rings. The summed E-state index contributed by atoms with van der Waals surface area (Å²) >= 11 is 0. The number of guanidine groups is 1. The molecule has 0 saturated carbocycles. The summed E-state index contributed by atoms with van der Waals surface area (Å²) < 4.78 is 5.81. The van der Waals surface area contributed by atoms with Crippen LogP contribution in [0.3, 0.4) is 0 Å². The summed E-state index contributed by atoms with van der Waals surface area (Å²) in [4.78, 5) is 11.2. The van der Waals surface area contributed by atoms with Crippen molar-refractivity contribution in [2.45, 2.75) is 20.0 Å². The lowest BCUT2D eigenvalue weighted by Gasteiger charge is -2.33. The molecule has 0 aliphatic carbocycles. The van der Waals surface area contributed by atoms with Crippen LogP contribution in [0.4, 0.5) is 0 Å². The SMILES string of the molecule is CC(C)CN1CCO[C@@H](CN=C(N(C)C)N(C)C)C1. The van der Waals surface area contributed by atoms with Crippen molar-refractivity contribution in [2.75, 3.05) is 61.0 Å². The summed E-state index contributed by atoms with van der Waals surface area (Å²) in [5.74, 6) is 1.70. The van der Waals surface area contributed by atoms with Gasteiger partial charge in [0.15, 0.2) is 5.96 Å². The summed E-state index contributed by atoms with van der Waals surface area (Å²) in [5.41, 5.74) is 0. The Bertz CT molecular complexity index is 279. The first-order valence-electron chi connectivity index (χ1n) is 7.13. The van der Waals surface area contributed by atoms with Gasteiger partial charge in [0.1, 0.15) is 0 Å². The molecule has 19 heavy (non-hydrogen) atoms. The van der Waals surface area contributed by atoms with Crippen LogP contribution in [0.15, 0.2) is 4.99 Å². The van der Waals surface area contributed by atoms with Gasteiger partial charge in [-0.2, -0.15) is 0 Å². The number of nitrogens with zero attached hydrogens (tertiary/aromatic N) is 4. The lowest BCUT2D eigenvalue weighted by molar-refractivity contribution is -0.0263. The van der Waals surface area contributed by atoms with Crippen LogP contribution in [-0.2, 0) is 4.74 Å². The van der Waals surface area contributed by atoms with Gasteiger partial charge < -0.3 is 14.5 Å². The van der Waals surface area contributed by atoms with Crippen LogP contribution in [0.1, 0.15) is 13.8 Å². The van der Waals surface area contributed by atoms with Crippen molar-refractivity contribution in [3.63, 3.8) is 0 Å². The Labute approximate surface area is 118 Å². The molecular formula is C14H30N4O. The van der Waals surface area contributed by atoms with Crippen LogP contribution in [0, 0.1) is 5.92 Å². The summed E-state index contributed by atoms with van der Waals surface area (Å²) in [6.45, 7) is 9.28. The topological polar surface area (TPSA) is 31.3 Å². The molecule has 1 saturated heterocycles. The van der Waals surface area contributed by atoms with E-state index in [0.717, 1.165) is 38.7 Å². The first kappa shape index (κ1) is 16.2. The number of ether oxygens (including phenoxy) is 1. The number of hydrogen-bond donors (Lipinski definition) is 0. The van der Waals surface area contributed by atoms with E-state index in [1.54, 1.807) is 0 Å². The zero-order valence-electron chi connectivity index (χ0n) is 13.4. The van der Waals surface area contributed by atoms with Crippen molar-refractivity contribution >= 4 is 5.96 Å². The largest absolute Gasteiger partial charge is 0.374 e. The lowest BCUT2D eigenvalue weighted by atomic mass is 10.2. The maximum Gasteiger partial charge on any atom is 0.195 e. The van der Waals surface area contributed by atoms with Gasteiger partial charge in [0.2, 0.25) is 0 Å². The van der Waals surface area contributed by atoms with E-state index in [-0.39, 0.29) is 6.10 Å². The smallest absolute Gasteiger partial charge is 0.195 e. The Balaban J connectivity index is 2.49. The van der Waals surface area contributed by atoms with E-state index in [4.69, 9.17) is 4.74 Å². The molecule has 1 atom stereocenters. The standard InChI is InChI=1S/C14H30N4O/c1-12(2)10-18-7-8-19-13(11-18)9-15-14(16(3)4)17(5)6/h12-13H,7-11H2,1-6H3/t13-/m0/s1. The highest BCUT2D eigenvalue weighted by Crippen LogP contribution is 2.08. The van der Waals surface area contributed by atoms with Gasteiger partial charge in [-0.25, -0.2) is 0 Å². The Kier molecular flexibility index (Phi) is 6.58. The molecule has 0 N–H and O–H groups in total. The van der Waals surface area contributed by atoms with E-state index in [2.05, 4.69) is 23.7 Å². The van der Waals surface area contributed by atoms with E-state index in [1.807, 2.05) is 38.0 Å². The molecule has 0 unspecified atom stereocenters. The molecule has 0 amide bonds. The first-order valence-corrected chi connectivity index (χ1v) is 7.13. The molecule has 0 aromatic heterocycles. The van der Waals surface area contributed by atoms with E-state index < -0.39 is 0 Å². The average molecular weight is 270 g/mol. The minimum absolute atomic E-state index is 0.224. The first-order chi connectivity index (χ1) is 8.90. The van der Waals surface area contributed by atoms with Gasteiger partial charge in [-0.05, 0) is 5.92 Å². The quantitative estimate of drug-likeness (QED) is 0.559. The van der Waals surface area contributed by atoms with Gasteiger partial charge in [0.25, 0.3) is 0 Å². The molecule has 0 radical (unpaired) electrons. The second-order valence-electron chi connectivity index (χ2n) is 6.08. The zero-order valence-corrected chi connectivity index (χ0v) is 13.4. The number of rotatable bonds is 4. The highest BCUT2D eigenvalue weighted by Gasteiger charge is 2.21. The Morgan fingerprint density at radius 1 is 1.26 bits per heavy atom. The summed E-state index contributed by atoms with van der Waals surface area (Å²) in [5, 5.41) is 0. The van der Waals surface area contributed by atoms with Crippen molar-refractivity contribution in [3.8, 4) is 0 Å². The predicted molar refractivity (Wildman–Crippen MR) is 80.7 cm³/mol. The Morgan fingerprint density at radius 3 is 2.42 bits per heavy atom. The number of aliphatic imine (C=N–C) groups is 1. The predicted octanol–water partition coefficient (Wildman–Crippen LogP) is 0.822. The number of morpholine rings is 1. The molecule has 112 valence electrons. The molecule has 1 heterocycles. The fraction of sp³-hybridized carbons (Fsp3) is 0.929. The van der Waals surface area contributed by atoms with Gasteiger partial charge in [-0.15, -0.1) is 0 Å². The van der Waals surface area contributed by atoms with E-state index in [0.29, 0.717) is 5.92 Å². The summed E-state index contributed by atoms with van der Waals surface area (Å²) in [6.07, 6.45) is 0.224. The van der Waals surface area contributed by atoms with Crippen LogP contribution in [0.25, 0.3) is 0 Å². The van der Waals surface area contributed by atoms with Gasteiger partial charge in [-0.3, -0.25) is 9.89 Å². The average Bonchev–Trinajstić information content (AvgIpc) is 2.27. The molecule has 1 aliphatic heterocycles. The van der Waals surface area contributed by atoms with Gasteiger partial charge >= 0.3 is 0 Å². The Morgan fingerprint density at radius 2 is 1.89 bits per heavy atom. The van der Waals surface area contributed by atoms with Crippen molar-refractivity contribution in [2.24, 2.45) is 10.9 Å². The monoisotopic (exact) mass is 270 g/mol. The van der Waals surface area contributed by atoms with Gasteiger partial charge in [0.05, 0.1) is 19.3 Å². The fourth-order valence-corrected chi connectivity index (χ4v) is 2.44. The van der Waals surface area contributed by atoms with Crippen molar-refractivity contribution in [1.29, 1.82) is 0 Å². The van der Waals surface area contributed by atoms with E-state index >= 15 is 0 Å². The molecule has 0 aromatic carbocycles. The van der Waals surface area contributed by atoms with Gasteiger partial charge in [-0.1, -0.05) is 13.8 Å². The maximum atomic E-state index is 5.81. The summed E-state index contributed by atoms with van der Waals surface area (Å²) in [6, 6.07) is 0. The highest BCUT2D eigenvalue weighted by atomic mass is 16.5. The van der Waals surface area contributed by atoms with E-state index in [9.17, 15) is 0 Å². The third-order valence-electron chi connectivity index (χ3n) is 3.08. The summed E-state index contributed by atoms with van der Waals surface area (Å²) in [7, 11) is 8.08. The number of hydrogen-bond acceptors (Lipinski definition) is 3. The molecule has 1 aliphatic rings. The molecule has 0 bridgehead atoms. The van der Waals surface area contributed by atoms with Crippen molar-refractivity contribution in [3.05, 3.63) is 0 Å². The molecule has 1 fully saturated rings. The van der Waals surface area contributed by atoms with Crippen LogP contribution in [-0.4, -0.2) is 87.7 Å². The lowest BCUT2D eigenvalue weighted by Crippen LogP contribution is -2.45. The van der Waals surface area contributed by atoms with Crippen LogP contribution in [0.2, 0.25) is 0 Å². The van der Waals surface area contributed by atoms with Crippen LogP contribution >= 0.6 is 0 Å². The third-order valence-corrected chi connectivity index (χ3v) is 3.08. The molecular weight excluding hydrogens is 240 g/mol. The fourth-order valence-electron chi connectivity index (χ4n) is 2.44. The van der Waals surface area contributed by atoms with Crippen molar-refractivity contribution in [1.82, 2.24) is 14.7 Å². The molecule has 5 nitrogen and oxygen atoms in total. The zero-order chi connectivity index (χ0) is 14.4. The Hall–Kier alpha value is -0.810. The molecule has 5 heteroatoms. The highest BCUT2D eigenvalue weighted by molar-refractivity contribution is 5.79. The maximum absolute atomic E-state index is 5.81. The van der Waals surface area contributed by atoms with Crippen molar-refractivity contribution < 1.29 is 4.74 Å². The van der Waals surface area contributed by atoms with Crippen LogP contribution < -0.4 is 0 Å². The van der Waals surface area contributed by atoms with Crippen LogP contribution in [0.5, 0.6) is 0 Å². The minimum Gasteiger partial charge on any atom is -0.374 e. The third kappa shape index (κ3) is 5.78. The normalized spacial score (nSPS) is 20.5. The molecule has 1 rings (SSSR count). The molecule has 0 spiro atoms. The van der Waals surface area contributed by atoms with Gasteiger partial charge in [0, 0.05) is 47.8 Å². The van der Waals surface area contributed by atoms with E-state index in [1.165, 1.54) is 0 Å². The minimum atomic E-state index is 0.224. The second kappa shape index (κ2) is 7.70.